The van der Waals surface area contributed by atoms with E-state index in [4.69, 9.17) is 9.84 Å². The minimum atomic E-state index is -0.708. The number of nitrogens with zero attached hydrogens (tertiary/aromatic N) is 3. The molecule has 1 aliphatic heterocycles. The van der Waals surface area contributed by atoms with Gasteiger partial charge in [0.25, 0.3) is 0 Å². The molecule has 0 aromatic carbocycles. The van der Waals surface area contributed by atoms with Gasteiger partial charge >= 0.3 is 5.97 Å². The number of aromatic nitrogens is 2. The van der Waals surface area contributed by atoms with Crippen LogP contribution in [0.3, 0.4) is 0 Å². The molecule has 0 spiro atoms. The van der Waals surface area contributed by atoms with Gasteiger partial charge < -0.3 is 14.7 Å². The first-order chi connectivity index (χ1) is 10.1. The summed E-state index contributed by atoms with van der Waals surface area (Å²) in [5.74, 6) is 1.12. The molecule has 2 rings (SSSR count). The van der Waals surface area contributed by atoms with Crippen molar-refractivity contribution < 1.29 is 14.6 Å². The topological polar surface area (TPSA) is 75.5 Å². The highest BCUT2D eigenvalue weighted by atomic mass is 16.5. The monoisotopic (exact) mass is 293 g/mol. The van der Waals surface area contributed by atoms with Crippen LogP contribution in [0.4, 0.5) is 5.95 Å². The zero-order valence-electron chi connectivity index (χ0n) is 12.7. The van der Waals surface area contributed by atoms with Gasteiger partial charge in [-0.25, -0.2) is 4.98 Å². The molecular weight excluding hydrogens is 270 g/mol. The van der Waals surface area contributed by atoms with Crippen molar-refractivity contribution in [1.82, 2.24) is 9.97 Å². The molecule has 1 N–H and O–H groups in total. The Morgan fingerprint density at radius 1 is 1.43 bits per heavy atom. The fraction of sp³-hybridized carbons (Fsp3) is 0.667. The number of anilines is 1. The Kier molecular flexibility index (Phi) is 5.36. The molecule has 1 fully saturated rings. The highest BCUT2D eigenvalue weighted by Crippen LogP contribution is 2.25. The summed E-state index contributed by atoms with van der Waals surface area (Å²) in [5.41, 5.74) is 0.899. The smallest absolute Gasteiger partial charge is 0.303 e. The maximum absolute atomic E-state index is 10.6. The number of aliphatic carboxylic acids is 1. The van der Waals surface area contributed by atoms with Crippen molar-refractivity contribution >= 4 is 11.9 Å². The maximum Gasteiger partial charge on any atom is 0.303 e. The fourth-order valence-electron chi connectivity index (χ4n) is 2.64. The van der Waals surface area contributed by atoms with E-state index >= 15 is 0 Å². The molecule has 0 atom stereocenters. The molecule has 1 aromatic rings. The molecule has 0 unspecified atom stereocenters. The van der Waals surface area contributed by atoms with Crippen molar-refractivity contribution in [2.45, 2.75) is 39.5 Å². The van der Waals surface area contributed by atoms with E-state index in [1.54, 1.807) is 0 Å². The summed E-state index contributed by atoms with van der Waals surface area (Å²) in [5, 5.41) is 8.74. The second kappa shape index (κ2) is 7.24. The quantitative estimate of drug-likeness (QED) is 0.867. The predicted molar refractivity (Wildman–Crippen MR) is 79.7 cm³/mol. The Morgan fingerprint density at radius 2 is 2.14 bits per heavy atom. The minimum Gasteiger partial charge on any atom is -0.481 e. The summed E-state index contributed by atoms with van der Waals surface area (Å²) in [4.78, 5) is 21.7. The Hall–Kier alpha value is -1.85. The van der Waals surface area contributed by atoms with Gasteiger partial charge in [0.1, 0.15) is 0 Å². The summed E-state index contributed by atoms with van der Waals surface area (Å²) in [7, 11) is 0. The second-order valence-electron chi connectivity index (χ2n) is 5.44. The molecular formula is C15H23N3O3. The van der Waals surface area contributed by atoms with E-state index in [1.165, 1.54) is 0 Å². The lowest BCUT2D eigenvalue weighted by atomic mass is 9.92. The third-order valence-electron chi connectivity index (χ3n) is 3.77. The maximum atomic E-state index is 10.6. The van der Waals surface area contributed by atoms with Crippen LogP contribution in [0, 0.1) is 12.8 Å². The van der Waals surface area contributed by atoms with Gasteiger partial charge in [-0.1, -0.05) is 0 Å². The van der Waals surface area contributed by atoms with Crippen LogP contribution >= 0.6 is 0 Å². The molecule has 116 valence electrons. The number of carboxylic acids is 1. The van der Waals surface area contributed by atoms with Crippen molar-refractivity contribution in [3.8, 4) is 5.88 Å². The average Bonchev–Trinajstić information content (AvgIpc) is 2.45. The number of rotatable bonds is 6. The number of ether oxygens (including phenoxy) is 1. The van der Waals surface area contributed by atoms with Crippen LogP contribution in [0.2, 0.25) is 0 Å². The zero-order chi connectivity index (χ0) is 15.2. The largest absolute Gasteiger partial charge is 0.481 e. The van der Waals surface area contributed by atoms with Crippen molar-refractivity contribution in [3.05, 3.63) is 11.8 Å². The van der Waals surface area contributed by atoms with Gasteiger partial charge in [0.2, 0.25) is 11.8 Å². The number of hydrogen-bond donors (Lipinski definition) is 1. The van der Waals surface area contributed by atoms with E-state index < -0.39 is 5.97 Å². The molecule has 0 radical (unpaired) electrons. The Balaban J connectivity index is 1.94. The highest BCUT2D eigenvalue weighted by Gasteiger charge is 2.22. The lowest BCUT2D eigenvalue weighted by Gasteiger charge is -2.32. The first-order valence-electron chi connectivity index (χ1n) is 7.53. The van der Waals surface area contributed by atoms with Crippen molar-refractivity contribution in [3.63, 3.8) is 0 Å². The van der Waals surface area contributed by atoms with Crippen LogP contribution in [-0.2, 0) is 4.79 Å². The normalized spacial score (nSPS) is 16.0. The summed E-state index contributed by atoms with van der Waals surface area (Å²) in [6, 6.07) is 1.84. The van der Waals surface area contributed by atoms with Gasteiger partial charge in [-0.3, -0.25) is 4.79 Å². The summed E-state index contributed by atoms with van der Waals surface area (Å²) >= 11 is 0. The molecule has 1 aromatic heterocycles. The van der Waals surface area contributed by atoms with E-state index in [0.717, 1.165) is 44.0 Å². The first-order valence-corrected chi connectivity index (χ1v) is 7.53. The van der Waals surface area contributed by atoms with Crippen LogP contribution in [0.5, 0.6) is 5.88 Å². The van der Waals surface area contributed by atoms with Gasteiger partial charge in [-0.2, -0.15) is 4.98 Å². The number of carbonyl (C=O) groups is 1. The molecule has 1 aliphatic rings. The third kappa shape index (κ3) is 4.58. The third-order valence-corrected chi connectivity index (χ3v) is 3.77. The summed E-state index contributed by atoms with van der Waals surface area (Å²) < 4.78 is 5.46. The molecule has 6 nitrogen and oxygen atoms in total. The molecule has 2 heterocycles. The zero-order valence-corrected chi connectivity index (χ0v) is 12.7. The lowest BCUT2D eigenvalue weighted by Crippen LogP contribution is -2.35. The molecule has 0 aliphatic carbocycles. The van der Waals surface area contributed by atoms with Crippen LogP contribution in [0.25, 0.3) is 0 Å². The van der Waals surface area contributed by atoms with Crippen molar-refractivity contribution in [2.24, 2.45) is 5.92 Å². The van der Waals surface area contributed by atoms with E-state index in [2.05, 4.69) is 14.9 Å². The van der Waals surface area contributed by atoms with E-state index in [0.29, 0.717) is 18.4 Å². The van der Waals surface area contributed by atoms with Gasteiger partial charge in [-0.15, -0.1) is 0 Å². The number of carboxylic acid groups (broad SMARTS) is 1. The molecule has 0 saturated carbocycles. The standard InChI is InChI=1S/C15H23N3O3/c1-3-21-13-10-11(2)16-15(17-13)18-8-6-12(7-9-18)4-5-14(19)20/h10,12H,3-9H2,1-2H3,(H,19,20). The number of aryl methyl sites for hydroxylation is 1. The summed E-state index contributed by atoms with van der Waals surface area (Å²) in [6.07, 6.45) is 3.02. The van der Waals surface area contributed by atoms with Crippen molar-refractivity contribution in [1.29, 1.82) is 0 Å². The Bertz CT molecular complexity index is 485. The predicted octanol–water partition coefficient (Wildman–Crippen LogP) is 2.26. The summed E-state index contributed by atoms with van der Waals surface area (Å²) in [6.45, 7) is 6.21. The first kappa shape index (κ1) is 15.5. The van der Waals surface area contributed by atoms with E-state index in [-0.39, 0.29) is 6.42 Å². The number of piperidine rings is 1. The SMILES string of the molecule is CCOc1cc(C)nc(N2CCC(CCC(=O)O)CC2)n1. The molecule has 0 amide bonds. The molecule has 6 heteroatoms. The average molecular weight is 293 g/mol. The molecule has 1 saturated heterocycles. The minimum absolute atomic E-state index is 0.264. The van der Waals surface area contributed by atoms with Gasteiger partial charge in [0.05, 0.1) is 6.61 Å². The second-order valence-corrected chi connectivity index (χ2v) is 5.44. The van der Waals surface area contributed by atoms with Gasteiger partial charge in [0, 0.05) is 31.3 Å². The van der Waals surface area contributed by atoms with Crippen molar-refractivity contribution in [2.75, 3.05) is 24.6 Å². The van der Waals surface area contributed by atoms with Crippen LogP contribution in [0.1, 0.15) is 38.3 Å². The fourth-order valence-corrected chi connectivity index (χ4v) is 2.64. The molecule has 0 bridgehead atoms. The van der Waals surface area contributed by atoms with E-state index in [9.17, 15) is 4.79 Å². The van der Waals surface area contributed by atoms with Crippen LogP contribution in [0.15, 0.2) is 6.07 Å². The molecule has 21 heavy (non-hydrogen) atoms. The highest BCUT2D eigenvalue weighted by molar-refractivity contribution is 5.66. The van der Waals surface area contributed by atoms with Crippen LogP contribution in [-0.4, -0.2) is 40.7 Å². The van der Waals surface area contributed by atoms with Gasteiger partial charge in [0.15, 0.2) is 0 Å². The number of hydrogen-bond acceptors (Lipinski definition) is 5. The Labute approximate surface area is 125 Å². The Morgan fingerprint density at radius 3 is 2.76 bits per heavy atom. The van der Waals surface area contributed by atoms with Crippen LogP contribution < -0.4 is 9.64 Å². The van der Waals surface area contributed by atoms with E-state index in [1.807, 2.05) is 19.9 Å². The van der Waals surface area contributed by atoms with Gasteiger partial charge in [-0.05, 0) is 39.0 Å². The lowest BCUT2D eigenvalue weighted by molar-refractivity contribution is -0.137.